The molecule has 0 N–H and O–H groups in total. The summed E-state index contributed by atoms with van der Waals surface area (Å²) in [5.74, 6) is 1.79. The van der Waals surface area contributed by atoms with Crippen molar-refractivity contribution < 1.29 is 19.1 Å². The molecule has 6 nitrogen and oxygen atoms in total. The standard InChI is InChI=1S/C26H30N2O4/c29-25(22-7-8-23-24(17-22)32-16-15-31-23)20-9-13-27(14-10-20)18-19-3-5-21(6-4-19)26(30)28-11-1-2-12-28/h3-8,17,20H,1-2,9-16,18H2. The summed E-state index contributed by atoms with van der Waals surface area (Å²) >= 11 is 0. The summed E-state index contributed by atoms with van der Waals surface area (Å²) in [6, 6.07) is 13.6. The maximum absolute atomic E-state index is 13.0. The van der Waals surface area contributed by atoms with E-state index in [0.29, 0.717) is 24.5 Å². The maximum atomic E-state index is 13.0. The lowest BCUT2D eigenvalue weighted by atomic mass is 9.88. The van der Waals surface area contributed by atoms with Gasteiger partial charge in [-0.1, -0.05) is 12.1 Å². The van der Waals surface area contributed by atoms with Crippen molar-refractivity contribution in [2.24, 2.45) is 5.92 Å². The number of hydrogen-bond acceptors (Lipinski definition) is 5. The van der Waals surface area contributed by atoms with Gasteiger partial charge in [-0.05, 0) is 74.7 Å². The van der Waals surface area contributed by atoms with Gasteiger partial charge in [-0.25, -0.2) is 0 Å². The minimum absolute atomic E-state index is 0.0502. The van der Waals surface area contributed by atoms with Crippen LogP contribution in [0.15, 0.2) is 42.5 Å². The molecule has 3 aliphatic rings. The number of nitrogens with zero attached hydrogens (tertiary/aromatic N) is 2. The molecule has 2 fully saturated rings. The maximum Gasteiger partial charge on any atom is 0.253 e. The minimum atomic E-state index is 0.0502. The zero-order valence-corrected chi connectivity index (χ0v) is 18.4. The SMILES string of the molecule is O=C(c1ccc2c(c1)OCCO2)C1CCN(Cc2ccc(C(=O)N3CCCC3)cc2)CC1. The fourth-order valence-electron chi connectivity index (χ4n) is 4.90. The van der Waals surface area contributed by atoms with Crippen molar-refractivity contribution in [3.63, 3.8) is 0 Å². The van der Waals surface area contributed by atoms with E-state index in [2.05, 4.69) is 17.0 Å². The number of fused-ring (bicyclic) bond motifs is 1. The van der Waals surface area contributed by atoms with Crippen LogP contribution in [0, 0.1) is 5.92 Å². The number of carbonyl (C=O) groups excluding carboxylic acids is 2. The molecule has 2 aromatic rings. The molecular weight excluding hydrogens is 404 g/mol. The van der Waals surface area contributed by atoms with Crippen LogP contribution in [-0.2, 0) is 6.54 Å². The number of ether oxygens (including phenoxy) is 2. The largest absolute Gasteiger partial charge is 0.486 e. The summed E-state index contributed by atoms with van der Waals surface area (Å²) in [5.41, 5.74) is 2.70. The fourth-order valence-corrected chi connectivity index (χ4v) is 4.90. The van der Waals surface area contributed by atoms with Gasteiger partial charge in [0.15, 0.2) is 17.3 Å². The van der Waals surface area contributed by atoms with Crippen molar-refractivity contribution in [1.29, 1.82) is 0 Å². The predicted octanol–water partition coefficient (Wildman–Crippen LogP) is 3.79. The topological polar surface area (TPSA) is 59.1 Å². The molecule has 5 rings (SSSR count). The molecular formula is C26H30N2O4. The molecule has 2 aromatic carbocycles. The monoisotopic (exact) mass is 434 g/mol. The Morgan fingerprint density at radius 1 is 0.812 bits per heavy atom. The average molecular weight is 435 g/mol. The van der Waals surface area contributed by atoms with Gasteiger partial charge in [0.25, 0.3) is 5.91 Å². The number of likely N-dealkylation sites (tertiary alicyclic amines) is 2. The van der Waals surface area contributed by atoms with Crippen LogP contribution in [0.1, 0.15) is 52.0 Å². The number of piperidine rings is 1. The van der Waals surface area contributed by atoms with Gasteiger partial charge >= 0.3 is 0 Å². The smallest absolute Gasteiger partial charge is 0.253 e. The van der Waals surface area contributed by atoms with E-state index < -0.39 is 0 Å². The van der Waals surface area contributed by atoms with Gasteiger partial charge in [-0.15, -0.1) is 0 Å². The van der Waals surface area contributed by atoms with E-state index >= 15 is 0 Å². The first kappa shape index (κ1) is 21.0. The Morgan fingerprint density at radius 2 is 1.47 bits per heavy atom. The second-order valence-corrected chi connectivity index (χ2v) is 8.97. The summed E-state index contributed by atoms with van der Waals surface area (Å²) < 4.78 is 11.2. The lowest BCUT2D eigenvalue weighted by Crippen LogP contribution is -2.36. The molecule has 2 saturated heterocycles. The van der Waals surface area contributed by atoms with Crippen LogP contribution in [0.4, 0.5) is 0 Å². The summed E-state index contributed by atoms with van der Waals surface area (Å²) in [6.45, 7) is 5.47. The second-order valence-electron chi connectivity index (χ2n) is 8.97. The van der Waals surface area contributed by atoms with Gasteiger partial charge in [0.1, 0.15) is 13.2 Å². The number of Topliss-reactive ketones (excluding diaryl/α,β-unsaturated/α-hetero) is 1. The highest BCUT2D eigenvalue weighted by Crippen LogP contribution is 2.32. The van der Waals surface area contributed by atoms with Gasteiger partial charge < -0.3 is 14.4 Å². The molecule has 0 aliphatic carbocycles. The van der Waals surface area contributed by atoms with Crippen molar-refractivity contribution in [2.45, 2.75) is 32.2 Å². The first-order chi connectivity index (χ1) is 15.7. The number of ketones is 1. The van der Waals surface area contributed by atoms with E-state index in [4.69, 9.17) is 9.47 Å². The number of carbonyl (C=O) groups is 2. The van der Waals surface area contributed by atoms with Gasteiger partial charge in [-0.2, -0.15) is 0 Å². The molecule has 0 aromatic heterocycles. The first-order valence-electron chi connectivity index (χ1n) is 11.7. The lowest BCUT2D eigenvalue weighted by molar-refractivity contribution is 0.0792. The Balaban J connectivity index is 1.14. The Labute approximate surface area is 189 Å². The quantitative estimate of drug-likeness (QED) is 0.670. The van der Waals surface area contributed by atoms with E-state index in [1.54, 1.807) is 0 Å². The van der Waals surface area contributed by atoms with Gasteiger partial charge in [-0.3, -0.25) is 14.5 Å². The number of hydrogen-bond donors (Lipinski definition) is 0. The normalized spacial score (nSPS) is 19.2. The molecule has 3 heterocycles. The molecule has 0 saturated carbocycles. The fraction of sp³-hybridized carbons (Fsp3) is 0.462. The van der Waals surface area contributed by atoms with Crippen molar-refractivity contribution in [1.82, 2.24) is 9.80 Å². The predicted molar refractivity (Wildman–Crippen MR) is 121 cm³/mol. The van der Waals surface area contributed by atoms with Crippen molar-refractivity contribution >= 4 is 11.7 Å². The van der Waals surface area contributed by atoms with Crippen molar-refractivity contribution in [3.05, 3.63) is 59.2 Å². The van der Waals surface area contributed by atoms with Crippen LogP contribution in [0.3, 0.4) is 0 Å². The molecule has 1 amide bonds. The summed E-state index contributed by atoms with van der Waals surface area (Å²) in [7, 11) is 0. The van der Waals surface area contributed by atoms with Crippen LogP contribution in [0.5, 0.6) is 11.5 Å². The van der Waals surface area contributed by atoms with E-state index in [1.165, 1.54) is 5.56 Å². The molecule has 0 radical (unpaired) electrons. The molecule has 6 heteroatoms. The highest BCUT2D eigenvalue weighted by atomic mass is 16.6. The van der Waals surface area contributed by atoms with Gasteiger partial charge in [0, 0.05) is 36.7 Å². The van der Waals surface area contributed by atoms with Gasteiger partial charge in [0.2, 0.25) is 0 Å². The third kappa shape index (κ3) is 4.51. The third-order valence-electron chi connectivity index (χ3n) is 6.79. The minimum Gasteiger partial charge on any atom is -0.486 e. The zero-order valence-electron chi connectivity index (χ0n) is 18.4. The Hall–Kier alpha value is -2.86. The Bertz CT molecular complexity index is 974. The van der Waals surface area contributed by atoms with E-state index in [9.17, 15) is 9.59 Å². The van der Waals surface area contributed by atoms with Gasteiger partial charge in [0.05, 0.1) is 0 Å². The average Bonchev–Trinajstić information content (AvgIpc) is 3.39. The highest BCUT2D eigenvalue weighted by molar-refractivity contribution is 5.98. The van der Waals surface area contributed by atoms with Crippen LogP contribution >= 0.6 is 0 Å². The molecule has 0 atom stereocenters. The zero-order chi connectivity index (χ0) is 21.9. The third-order valence-corrected chi connectivity index (χ3v) is 6.79. The molecule has 32 heavy (non-hydrogen) atoms. The van der Waals surface area contributed by atoms with Crippen LogP contribution < -0.4 is 9.47 Å². The summed E-state index contributed by atoms with van der Waals surface area (Å²) in [6.07, 6.45) is 3.94. The van der Waals surface area contributed by atoms with Crippen LogP contribution in [0.2, 0.25) is 0 Å². The van der Waals surface area contributed by atoms with Crippen molar-refractivity contribution in [3.8, 4) is 11.5 Å². The van der Waals surface area contributed by atoms with Crippen molar-refractivity contribution in [2.75, 3.05) is 39.4 Å². The summed E-state index contributed by atoms with van der Waals surface area (Å²) in [5, 5.41) is 0. The van der Waals surface area contributed by atoms with E-state index in [0.717, 1.165) is 69.7 Å². The molecule has 0 bridgehead atoms. The number of amides is 1. The Morgan fingerprint density at radius 3 is 2.19 bits per heavy atom. The summed E-state index contributed by atoms with van der Waals surface area (Å²) in [4.78, 5) is 29.9. The molecule has 168 valence electrons. The van der Waals surface area contributed by atoms with Crippen LogP contribution in [0.25, 0.3) is 0 Å². The Kier molecular flexibility index (Phi) is 6.12. The lowest BCUT2D eigenvalue weighted by Gasteiger charge is -2.31. The molecule has 3 aliphatic heterocycles. The van der Waals surface area contributed by atoms with E-state index in [1.807, 2.05) is 35.2 Å². The second kappa shape index (κ2) is 9.33. The van der Waals surface area contributed by atoms with E-state index in [-0.39, 0.29) is 17.6 Å². The number of benzene rings is 2. The molecule has 0 unspecified atom stereocenters. The first-order valence-corrected chi connectivity index (χ1v) is 11.7. The number of rotatable bonds is 5. The molecule has 0 spiro atoms. The van der Waals surface area contributed by atoms with Crippen LogP contribution in [-0.4, -0.2) is 60.9 Å². The highest BCUT2D eigenvalue weighted by Gasteiger charge is 2.27.